The van der Waals surface area contributed by atoms with Crippen LogP contribution < -0.4 is 0 Å². The molecule has 0 aliphatic heterocycles. The maximum absolute atomic E-state index is 3.84. The molecule has 2 rings (SSSR count). The first-order chi connectivity index (χ1) is 11.1. The number of aryl methyl sites for hydroxylation is 2. The van der Waals surface area contributed by atoms with E-state index in [1.54, 1.807) is 0 Å². The van der Waals surface area contributed by atoms with Gasteiger partial charge in [0.05, 0.1) is 6.04 Å². The Balaban J connectivity index is 2.18. The molecular formula is C22H25N. The zero-order chi connectivity index (χ0) is 16.7. The van der Waals surface area contributed by atoms with E-state index in [0.29, 0.717) is 0 Å². The fourth-order valence-corrected chi connectivity index (χ4v) is 2.40. The van der Waals surface area contributed by atoms with Gasteiger partial charge in [0.1, 0.15) is 0 Å². The van der Waals surface area contributed by atoms with E-state index < -0.39 is 0 Å². The molecule has 0 fully saturated rings. The van der Waals surface area contributed by atoms with Gasteiger partial charge in [0.15, 0.2) is 0 Å². The summed E-state index contributed by atoms with van der Waals surface area (Å²) in [5.74, 6) is 6.75. The van der Waals surface area contributed by atoms with Crippen molar-refractivity contribution in [1.82, 2.24) is 4.90 Å². The Hall–Kier alpha value is -2.30. The molecule has 2 aromatic carbocycles. The molecule has 0 radical (unpaired) electrons. The first-order valence-corrected chi connectivity index (χ1v) is 8.03. The predicted octanol–water partition coefficient (Wildman–Crippen LogP) is 4.38. The van der Waals surface area contributed by atoms with E-state index in [0.717, 1.165) is 18.5 Å². The van der Waals surface area contributed by atoms with Crippen LogP contribution >= 0.6 is 0 Å². The molecule has 1 atom stereocenters. The van der Waals surface area contributed by atoms with E-state index in [1.807, 2.05) is 6.08 Å². The molecule has 0 spiro atoms. The molecule has 1 nitrogen and oxygen atoms in total. The second-order valence-corrected chi connectivity index (χ2v) is 6.07. The lowest BCUT2D eigenvalue weighted by atomic mass is 10.0. The van der Waals surface area contributed by atoms with E-state index in [2.05, 4.69) is 92.7 Å². The quantitative estimate of drug-likeness (QED) is 0.585. The molecule has 0 heterocycles. The van der Waals surface area contributed by atoms with E-state index in [9.17, 15) is 0 Å². The smallest absolute Gasteiger partial charge is 0.0759 e. The van der Waals surface area contributed by atoms with Gasteiger partial charge in [0.25, 0.3) is 0 Å². The number of hydrogen-bond donors (Lipinski definition) is 0. The van der Waals surface area contributed by atoms with Crippen molar-refractivity contribution in [2.75, 3.05) is 13.6 Å². The van der Waals surface area contributed by atoms with E-state index >= 15 is 0 Å². The average molecular weight is 303 g/mol. The van der Waals surface area contributed by atoms with Gasteiger partial charge in [0.2, 0.25) is 0 Å². The summed E-state index contributed by atoms with van der Waals surface area (Å²) in [6.07, 6.45) is 2.85. The summed E-state index contributed by atoms with van der Waals surface area (Å²) in [5.41, 5.74) is 4.93. The van der Waals surface area contributed by atoms with E-state index in [4.69, 9.17) is 0 Å². The summed E-state index contributed by atoms with van der Waals surface area (Å²) in [4.78, 5) is 2.24. The van der Waals surface area contributed by atoms with Crippen molar-refractivity contribution in [3.8, 4) is 11.8 Å². The van der Waals surface area contributed by atoms with Crippen LogP contribution in [-0.2, 0) is 6.42 Å². The number of benzene rings is 2. The standard InChI is InChI=1S/C22H25N/c1-5-16-23(4)22(17-21-12-8-19(3)9-13-21)15-14-20-10-6-18(2)7-11-20/h5-13,22H,1,16-17H2,2-4H3. The van der Waals surface area contributed by atoms with Gasteiger partial charge in [-0.2, -0.15) is 0 Å². The lowest BCUT2D eigenvalue weighted by molar-refractivity contribution is 0.318. The molecule has 0 saturated carbocycles. The molecule has 0 amide bonds. The molecule has 23 heavy (non-hydrogen) atoms. The van der Waals surface area contributed by atoms with Gasteiger partial charge < -0.3 is 0 Å². The van der Waals surface area contributed by atoms with Crippen LogP contribution in [0.15, 0.2) is 61.2 Å². The summed E-state index contributed by atoms with van der Waals surface area (Å²) in [7, 11) is 2.10. The Bertz CT molecular complexity index is 683. The fourth-order valence-electron chi connectivity index (χ4n) is 2.40. The lowest BCUT2D eigenvalue weighted by Crippen LogP contribution is -2.32. The summed E-state index contributed by atoms with van der Waals surface area (Å²) in [6, 6.07) is 17.3. The summed E-state index contributed by atoms with van der Waals surface area (Å²) >= 11 is 0. The Labute approximate surface area is 140 Å². The SMILES string of the molecule is C=CCN(C)C(C#Cc1ccc(C)cc1)Cc1ccc(C)cc1. The molecule has 0 bridgehead atoms. The second kappa shape index (κ2) is 8.36. The van der Waals surface area contributed by atoms with Crippen molar-refractivity contribution in [2.24, 2.45) is 0 Å². The van der Waals surface area contributed by atoms with Gasteiger partial charge in [0, 0.05) is 12.1 Å². The highest BCUT2D eigenvalue weighted by Gasteiger charge is 2.11. The van der Waals surface area contributed by atoms with Crippen LogP contribution in [0.25, 0.3) is 0 Å². The minimum atomic E-state index is 0.178. The normalized spacial score (nSPS) is 11.7. The molecule has 1 unspecified atom stereocenters. The monoisotopic (exact) mass is 303 g/mol. The zero-order valence-corrected chi connectivity index (χ0v) is 14.3. The largest absolute Gasteiger partial charge is 0.289 e. The van der Waals surface area contributed by atoms with Crippen molar-refractivity contribution in [1.29, 1.82) is 0 Å². The van der Waals surface area contributed by atoms with Gasteiger partial charge >= 0.3 is 0 Å². The molecule has 0 aliphatic carbocycles. The van der Waals surface area contributed by atoms with Crippen molar-refractivity contribution in [2.45, 2.75) is 26.3 Å². The molecule has 0 N–H and O–H groups in total. The Morgan fingerprint density at radius 1 is 1.00 bits per heavy atom. The number of nitrogens with zero attached hydrogens (tertiary/aromatic N) is 1. The lowest BCUT2D eigenvalue weighted by Gasteiger charge is -2.22. The molecule has 118 valence electrons. The molecule has 2 aromatic rings. The molecule has 0 aromatic heterocycles. The fraction of sp³-hybridized carbons (Fsp3) is 0.273. The summed E-state index contributed by atoms with van der Waals surface area (Å²) < 4.78 is 0. The number of likely N-dealkylation sites (N-methyl/N-ethyl adjacent to an activating group) is 1. The Kier molecular flexibility index (Phi) is 6.20. The van der Waals surface area contributed by atoms with Crippen molar-refractivity contribution in [3.05, 3.63) is 83.4 Å². The first-order valence-electron chi connectivity index (χ1n) is 8.03. The van der Waals surface area contributed by atoms with Gasteiger partial charge in [-0.15, -0.1) is 6.58 Å². The topological polar surface area (TPSA) is 3.24 Å². The Morgan fingerprint density at radius 2 is 1.57 bits per heavy atom. The minimum Gasteiger partial charge on any atom is -0.289 e. The average Bonchev–Trinajstić information content (AvgIpc) is 2.55. The zero-order valence-electron chi connectivity index (χ0n) is 14.3. The van der Waals surface area contributed by atoms with E-state index in [-0.39, 0.29) is 6.04 Å². The van der Waals surface area contributed by atoms with Gasteiger partial charge in [-0.3, -0.25) is 4.90 Å². The predicted molar refractivity (Wildman–Crippen MR) is 99.6 cm³/mol. The molecule has 1 heteroatoms. The van der Waals surface area contributed by atoms with Gasteiger partial charge in [-0.25, -0.2) is 0 Å². The third kappa shape index (κ3) is 5.43. The van der Waals surface area contributed by atoms with Crippen molar-refractivity contribution in [3.63, 3.8) is 0 Å². The summed E-state index contributed by atoms with van der Waals surface area (Å²) in [5, 5.41) is 0. The van der Waals surface area contributed by atoms with Crippen LogP contribution in [0.3, 0.4) is 0 Å². The van der Waals surface area contributed by atoms with Crippen LogP contribution in [0.1, 0.15) is 22.3 Å². The third-order valence-electron chi connectivity index (χ3n) is 3.93. The maximum atomic E-state index is 3.84. The number of rotatable bonds is 5. The number of hydrogen-bond acceptors (Lipinski definition) is 1. The van der Waals surface area contributed by atoms with Crippen LogP contribution in [0.2, 0.25) is 0 Å². The Morgan fingerprint density at radius 3 is 2.13 bits per heavy atom. The maximum Gasteiger partial charge on any atom is 0.0759 e. The van der Waals surface area contributed by atoms with Gasteiger partial charge in [-0.05, 0) is 45.0 Å². The molecular weight excluding hydrogens is 278 g/mol. The highest BCUT2D eigenvalue weighted by atomic mass is 15.1. The van der Waals surface area contributed by atoms with Crippen LogP contribution in [0, 0.1) is 25.7 Å². The van der Waals surface area contributed by atoms with E-state index in [1.165, 1.54) is 16.7 Å². The van der Waals surface area contributed by atoms with Crippen LogP contribution in [-0.4, -0.2) is 24.5 Å². The molecule has 0 saturated heterocycles. The summed E-state index contributed by atoms with van der Waals surface area (Å²) in [6.45, 7) is 8.88. The van der Waals surface area contributed by atoms with Crippen LogP contribution in [0.5, 0.6) is 0 Å². The van der Waals surface area contributed by atoms with Crippen molar-refractivity contribution >= 4 is 0 Å². The van der Waals surface area contributed by atoms with Crippen molar-refractivity contribution < 1.29 is 0 Å². The highest BCUT2D eigenvalue weighted by molar-refractivity contribution is 5.37. The minimum absolute atomic E-state index is 0.178. The second-order valence-electron chi connectivity index (χ2n) is 6.07. The highest BCUT2D eigenvalue weighted by Crippen LogP contribution is 2.10. The van der Waals surface area contributed by atoms with Crippen LogP contribution in [0.4, 0.5) is 0 Å². The molecule has 0 aliphatic rings. The first kappa shape index (κ1) is 17.1. The van der Waals surface area contributed by atoms with Gasteiger partial charge in [-0.1, -0.05) is 65.4 Å². The third-order valence-corrected chi connectivity index (χ3v) is 3.93.